The Bertz CT molecular complexity index is 514. The van der Waals surface area contributed by atoms with E-state index >= 15 is 0 Å². The average Bonchev–Trinajstić information content (AvgIpc) is 2.49. The molecule has 1 rings (SSSR count). The fraction of sp³-hybridized carbons (Fsp3) is 0.579. The second-order valence-corrected chi connectivity index (χ2v) is 6.28. The Labute approximate surface area is 140 Å². The van der Waals surface area contributed by atoms with Gasteiger partial charge in [-0.25, -0.2) is 0 Å². The lowest BCUT2D eigenvalue weighted by Crippen LogP contribution is -2.39. The minimum Gasteiger partial charge on any atom is -0.333 e. The first-order valence-corrected chi connectivity index (χ1v) is 8.61. The molecule has 1 unspecified atom stereocenters. The molecular weight excluding hydrogens is 288 g/mol. The van der Waals surface area contributed by atoms with Crippen molar-refractivity contribution >= 4 is 17.5 Å². The molecule has 1 atom stereocenters. The van der Waals surface area contributed by atoms with Crippen molar-refractivity contribution in [3.05, 3.63) is 29.8 Å². The molecule has 0 saturated heterocycles. The maximum absolute atomic E-state index is 12.4. The van der Waals surface area contributed by atoms with Gasteiger partial charge in [-0.05, 0) is 30.9 Å². The van der Waals surface area contributed by atoms with Crippen LogP contribution in [0.1, 0.15) is 52.0 Å². The molecule has 23 heavy (non-hydrogen) atoms. The summed E-state index contributed by atoms with van der Waals surface area (Å²) in [7, 11) is 0. The summed E-state index contributed by atoms with van der Waals surface area (Å²) in [6.07, 6.45) is 3.49. The zero-order chi connectivity index (χ0) is 17.2. The molecular formula is C19H30N2O2. The van der Waals surface area contributed by atoms with Crippen LogP contribution >= 0.6 is 0 Å². The SMILES string of the molecule is CCCC(C)CC(=O)N(CCC)CC(=O)Nc1ccccc1C. The number of nitrogens with one attached hydrogen (secondary N) is 1. The zero-order valence-electron chi connectivity index (χ0n) is 14.9. The van der Waals surface area contributed by atoms with Crippen molar-refractivity contribution < 1.29 is 9.59 Å². The topological polar surface area (TPSA) is 49.4 Å². The van der Waals surface area contributed by atoms with Crippen LogP contribution in [0.15, 0.2) is 24.3 Å². The molecule has 0 radical (unpaired) electrons. The highest BCUT2D eigenvalue weighted by atomic mass is 16.2. The highest BCUT2D eigenvalue weighted by molar-refractivity contribution is 5.95. The normalized spacial score (nSPS) is 11.8. The van der Waals surface area contributed by atoms with E-state index in [1.807, 2.05) is 38.1 Å². The van der Waals surface area contributed by atoms with Gasteiger partial charge < -0.3 is 10.2 Å². The van der Waals surface area contributed by atoms with Gasteiger partial charge in [0.05, 0.1) is 6.54 Å². The van der Waals surface area contributed by atoms with Crippen LogP contribution in [-0.4, -0.2) is 29.8 Å². The monoisotopic (exact) mass is 318 g/mol. The molecule has 0 bridgehead atoms. The summed E-state index contributed by atoms with van der Waals surface area (Å²) in [5.41, 5.74) is 1.83. The number of benzene rings is 1. The molecule has 1 aromatic rings. The van der Waals surface area contributed by atoms with Gasteiger partial charge in [-0.2, -0.15) is 0 Å². The van der Waals surface area contributed by atoms with Crippen molar-refractivity contribution in [2.24, 2.45) is 5.92 Å². The highest BCUT2D eigenvalue weighted by Crippen LogP contribution is 2.14. The molecule has 0 fully saturated rings. The Morgan fingerprint density at radius 1 is 1.17 bits per heavy atom. The number of hydrogen-bond acceptors (Lipinski definition) is 2. The van der Waals surface area contributed by atoms with Gasteiger partial charge in [-0.15, -0.1) is 0 Å². The summed E-state index contributed by atoms with van der Waals surface area (Å²) in [6, 6.07) is 7.66. The Kier molecular flexibility index (Phi) is 8.38. The lowest BCUT2D eigenvalue weighted by molar-refractivity contribution is -0.135. The first kappa shape index (κ1) is 19.2. The van der Waals surface area contributed by atoms with Crippen LogP contribution in [0.3, 0.4) is 0 Å². The number of anilines is 1. The van der Waals surface area contributed by atoms with Crippen molar-refractivity contribution in [1.82, 2.24) is 4.90 Å². The number of aryl methyl sites for hydroxylation is 1. The number of hydrogen-bond donors (Lipinski definition) is 1. The van der Waals surface area contributed by atoms with Crippen molar-refractivity contribution in [2.75, 3.05) is 18.4 Å². The van der Waals surface area contributed by atoms with Crippen molar-refractivity contribution in [3.63, 3.8) is 0 Å². The zero-order valence-corrected chi connectivity index (χ0v) is 14.9. The second kappa shape index (κ2) is 10.0. The van der Waals surface area contributed by atoms with Gasteiger partial charge in [-0.1, -0.05) is 51.8 Å². The fourth-order valence-corrected chi connectivity index (χ4v) is 2.66. The molecule has 4 nitrogen and oxygen atoms in total. The standard InChI is InChI=1S/C19H30N2O2/c1-5-9-15(3)13-19(23)21(12-6-2)14-18(22)20-17-11-8-7-10-16(17)4/h7-8,10-11,15H,5-6,9,12-14H2,1-4H3,(H,20,22). The number of amides is 2. The van der Waals surface area contributed by atoms with E-state index in [2.05, 4.69) is 19.2 Å². The van der Waals surface area contributed by atoms with Gasteiger partial charge in [0.25, 0.3) is 0 Å². The molecule has 4 heteroatoms. The maximum Gasteiger partial charge on any atom is 0.244 e. The van der Waals surface area contributed by atoms with Crippen molar-refractivity contribution in [2.45, 2.75) is 53.4 Å². The van der Waals surface area contributed by atoms with E-state index in [9.17, 15) is 9.59 Å². The van der Waals surface area contributed by atoms with E-state index in [1.165, 1.54) is 0 Å². The molecule has 1 N–H and O–H groups in total. The summed E-state index contributed by atoms with van der Waals surface area (Å²) in [4.78, 5) is 26.4. The lowest BCUT2D eigenvalue weighted by atomic mass is 10.0. The fourth-order valence-electron chi connectivity index (χ4n) is 2.66. The van der Waals surface area contributed by atoms with E-state index in [4.69, 9.17) is 0 Å². The molecule has 128 valence electrons. The summed E-state index contributed by atoms with van der Waals surface area (Å²) < 4.78 is 0. The second-order valence-electron chi connectivity index (χ2n) is 6.28. The number of rotatable bonds is 9. The minimum absolute atomic E-state index is 0.0766. The smallest absolute Gasteiger partial charge is 0.244 e. The molecule has 0 saturated carbocycles. The predicted octanol–water partition coefficient (Wildman–Crippen LogP) is 4.00. The first-order chi connectivity index (χ1) is 11.0. The Hall–Kier alpha value is -1.84. The van der Waals surface area contributed by atoms with Crippen molar-refractivity contribution in [3.8, 4) is 0 Å². The van der Waals surface area contributed by atoms with E-state index in [0.717, 1.165) is 30.5 Å². The summed E-state index contributed by atoms with van der Waals surface area (Å²) in [5, 5.41) is 2.90. The Balaban J connectivity index is 2.62. The third-order valence-corrected chi connectivity index (χ3v) is 3.90. The van der Waals surface area contributed by atoms with Crippen LogP contribution < -0.4 is 5.32 Å². The van der Waals surface area contributed by atoms with Gasteiger partial charge in [0.1, 0.15) is 0 Å². The predicted molar refractivity (Wildman–Crippen MR) is 95.4 cm³/mol. The van der Waals surface area contributed by atoms with Gasteiger partial charge >= 0.3 is 0 Å². The van der Waals surface area contributed by atoms with E-state index < -0.39 is 0 Å². The Morgan fingerprint density at radius 2 is 1.87 bits per heavy atom. The molecule has 0 heterocycles. The highest BCUT2D eigenvalue weighted by Gasteiger charge is 2.18. The number of nitrogens with zero attached hydrogens (tertiary/aromatic N) is 1. The van der Waals surface area contributed by atoms with Crippen LogP contribution in [0.4, 0.5) is 5.69 Å². The van der Waals surface area contributed by atoms with Gasteiger partial charge in [0.15, 0.2) is 0 Å². The Morgan fingerprint density at radius 3 is 2.48 bits per heavy atom. The van der Waals surface area contributed by atoms with E-state index in [1.54, 1.807) is 4.90 Å². The molecule has 0 aliphatic carbocycles. The molecule has 0 aromatic heterocycles. The summed E-state index contributed by atoms with van der Waals surface area (Å²) in [6.45, 7) is 8.95. The number of carbonyl (C=O) groups is 2. The lowest BCUT2D eigenvalue weighted by Gasteiger charge is -2.23. The van der Waals surface area contributed by atoms with Gasteiger partial charge in [0, 0.05) is 18.7 Å². The average molecular weight is 318 g/mol. The first-order valence-electron chi connectivity index (χ1n) is 8.61. The van der Waals surface area contributed by atoms with Crippen molar-refractivity contribution in [1.29, 1.82) is 0 Å². The van der Waals surface area contributed by atoms with Gasteiger partial charge in [-0.3, -0.25) is 9.59 Å². The van der Waals surface area contributed by atoms with Crippen LogP contribution in [0.2, 0.25) is 0 Å². The minimum atomic E-state index is -0.135. The molecule has 0 aliphatic heterocycles. The third-order valence-electron chi connectivity index (χ3n) is 3.90. The van der Waals surface area contributed by atoms with Crippen LogP contribution in [0, 0.1) is 12.8 Å². The summed E-state index contributed by atoms with van der Waals surface area (Å²) >= 11 is 0. The van der Waals surface area contributed by atoms with E-state index in [0.29, 0.717) is 18.9 Å². The van der Waals surface area contributed by atoms with E-state index in [-0.39, 0.29) is 18.4 Å². The number of carbonyl (C=O) groups excluding carboxylic acids is 2. The molecule has 1 aromatic carbocycles. The molecule has 2 amide bonds. The molecule has 0 spiro atoms. The van der Waals surface area contributed by atoms with Crippen LogP contribution in [0.5, 0.6) is 0 Å². The maximum atomic E-state index is 12.4. The van der Waals surface area contributed by atoms with Crippen LogP contribution in [0.25, 0.3) is 0 Å². The largest absolute Gasteiger partial charge is 0.333 e. The summed E-state index contributed by atoms with van der Waals surface area (Å²) in [5.74, 6) is 0.309. The quantitative estimate of drug-likeness (QED) is 0.748. The van der Waals surface area contributed by atoms with Gasteiger partial charge in [0.2, 0.25) is 11.8 Å². The third kappa shape index (κ3) is 6.85. The number of para-hydroxylation sites is 1. The van der Waals surface area contributed by atoms with Crippen LogP contribution in [-0.2, 0) is 9.59 Å². The molecule has 0 aliphatic rings.